The number of nitrogens with zero attached hydrogens (tertiary/aromatic N) is 2. The Morgan fingerprint density at radius 3 is 2.34 bits per heavy atom. The molecular weight excluding hydrogens is 434 g/mol. The van der Waals surface area contributed by atoms with Gasteiger partial charge in [0.05, 0.1) is 5.56 Å². The first-order valence-electron chi connectivity index (χ1n) is 12.6. The van der Waals surface area contributed by atoms with Crippen LogP contribution in [0.25, 0.3) is 16.9 Å². The number of imidazole rings is 1. The Morgan fingerprint density at radius 2 is 1.66 bits per heavy atom. The van der Waals surface area contributed by atoms with Crippen LogP contribution < -0.4 is 10.1 Å². The molecule has 1 saturated carbocycles. The number of nitrogens with one attached hydrogen (secondary N) is 1. The Bertz CT molecular complexity index is 1310. The third kappa shape index (κ3) is 5.09. The van der Waals surface area contributed by atoms with E-state index in [2.05, 4.69) is 36.7 Å². The summed E-state index contributed by atoms with van der Waals surface area (Å²) in [5.41, 5.74) is 4.58. The van der Waals surface area contributed by atoms with Gasteiger partial charge in [0.25, 0.3) is 0 Å². The topological polar surface area (TPSA) is 55.6 Å². The third-order valence-corrected chi connectivity index (χ3v) is 6.80. The van der Waals surface area contributed by atoms with Crippen LogP contribution in [0.1, 0.15) is 68.8 Å². The van der Waals surface area contributed by atoms with E-state index in [4.69, 9.17) is 9.72 Å². The second-order valence-corrected chi connectivity index (χ2v) is 10.5. The molecular formula is C30H33N3O2. The molecule has 2 aromatic heterocycles. The number of hydrogen-bond donors (Lipinski definition) is 1. The molecule has 2 heterocycles. The molecule has 1 fully saturated rings. The van der Waals surface area contributed by atoms with Crippen molar-refractivity contribution >= 4 is 17.4 Å². The van der Waals surface area contributed by atoms with Crippen LogP contribution in [0.15, 0.2) is 72.9 Å². The largest absolute Gasteiger partial charge is 0.423 e. The molecule has 5 rings (SSSR count). The quantitative estimate of drug-likeness (QED) is 0.248. The Kier molecular flexibility index (Phi) is 6.33. The van der Waals surface area contributed by atoms with Gasteiger partial charge in [-0.25, -0.2) is 9.78 Å². The van der Waals surface area contributed by atoms with E-state index in [1.165, 1.54) is 37.7 Å². The fourth-order valence-corrected chi connectivity index (χ4v) is 4.73. The highest BCUT2D eigenvalue weighted by molar-refractivity contribution is 5.91. The van der Waals surface area contributed by atoms with Crippen LogP contribution in [0, 0.1) is 0 Å². The van der Waals surface area contributed by atoms with Gasteiger partial charge in [0.2, 0.25) is 0 Å². The van der Waals surface area contributed by atoms with E-state index >= 15 is 0 Å². The number of carbonyl (C=O) groups excluding carboxylic acids is 1. The number of rotatable bonds is 5. The van der Waals surface area contributed by atoms with Gasteiger partial charge in [0, 0.05) is 17.8 Å². The smallest absolute Gasteiger partial charge is 0.343 e. The van der Waals surface area contributed by atoms with Gasteiger partial charge in [-0.3, -0.25) is 4.40 Å². The van der Waals surface area contributed by atoms with E-state index in [1.807, 2.05) is 66.7 Å². The Balaban J connectivity index is 1.36. The first-order valence-corrected chi connectivity index (χ1v) is 12.6. The number of carbonyl (C=O) groups is 1. The fourth-order valence-electron chi connectivity index (χ4n) is 4.73. The molecule has 0 radical (unpaired) electrons. The maximum atomic E-state index is 12.7. The summed E-state index contributed by atoms with van der Waals surface area (Å²) in [6, 6.07) is 21.8. The SMILES string of the molecule is CC(C)(C)c1ccc(C(=O)Oc2ccc(-c3nc4ccccn4c3NC3CCCCC3)cc2)cc1. The molecule has 5 heteroatoms. The van der Waals surface area contributed by atoms with Crippen molar-refractivity contribution in [2.75, 3.05) is 5.32 Å². The number of aromatic nitrogens is 2. The van der Waals surface area contributed by atoms with Crippen molar-refractivity contribution in [1.29, 1.82) is 0 Å². The van der Waals surface area contributed by atoms with Crippen molar-refractivity contribution in [2.24, 2.45) is 0 Å². The fraction of sp³-hybridized carbons (Fsp3) is 0.333. The predicted molar refractivity (Wildman–Crippen MR) is 141 cm³/mol. The molecule has 0 aliphatic heterocycles. The average molecular weight is 468 g/mol. The van der Waals surface area contributed by atoms with Crippen molar-refractivity contribution in [3.05, 3.63) is 84.1 Å². The molecule has 35 heavy (non-hydrogen) atoms. The van der Waals surface area contributed by atoms with E-state index in [0.29, 0.717) is 17.4 Å². The van der Waals surface area contributed by atoms with E-state index in [1.54, 1.807) is 0 Å². The number of benzene rings is 2. The summed E-state index contributed by atoms with van der Waals surface area (Å²) in [4.78, 5) is 17.6. The van der Waals surface area contributed by atoms with Crippen LogP contribution in [0.2, 0.25) is 0 Å². The molecule has 4 aromatic rings. The van der Waals surface area contributed by atoms with Crippen LogP contribution >= 0.6 is 0 Å². The molecule has 1 aliphatic rings. The van der Waals surface area contributed by atoms with Gasteiger partial charge in [0.1, 0.15) is 22.9 Å². The first kappa shape index (κ1) is 23.2. The molecule has 0 atom stereocenters. The number of hydrogen-bond acceptors (Lipinski definition) is 4. The molecule has 0 spiro atoms. The monoisotopic (exact) mass is 467 g/mol. The average Bonchev–Trinajstić information content (AvgIpc) is 3.23. The zero-order chi connectivity index (χ0) is 24.4. The summed E-state index contributed by atoms with van der Waals surface area (Å²) in [5, 5.41) is 3.77. The number of anilines is 1. The lowest BCUT2D eigenvalue weighted by Crippen LogP contribution is -2.23. The van der Waals surface area contributed by atoms with Gasteiger partial charge in [0.15, 0.2) is 0 Å². The highest BCUT2D eigenvalue weighted by Crippen LogP contribution is 2.32. The minimum atomic E-state index is -0.356. The van der Waals surface area contributed by atoms with Crippen LogP contribution in [-0.2, 0) is 5.41 Å². The molecule has 0 unspecified atom stereocenters. The summed E-state index contributed by atoms with van der Waals surface area (Å²) in [6.45, 7) is 6.46. The number of fused-ring (bicyclic) bond motifs is 1. The zero-order valence-electron chi connectivity index (χ0n) is 20.8. The molecule has 0 saturated heterocycles. The molecule has 0 amide bonds. The lowest BCUT2D eigenvalue weighted by Gasteiger charge is -2.24. The van der Waals surface area contributed by atoms with Crippen LogP contribution in [0.3, 0.4) is 0 Å². The zero-order valence-corrected chi connectivity index (χ0v) is 20.8. The Labute approximate surface area is 207 Å². The third-order valence-electron chi connectivity index (χ3n) is 6.80. The summed E-state index contributed by atoms with van der Waals surface area (Å²) in [5.74, 6) is 1.19. The molecule has 1 N–H and O–H groups in total. The molecule has 180 valence electrons. The second kappa shape index (κ2) is 9.57. The minimum absolute atomic E-state index is 0.0425. The first-order chi connectivity index (χ1) is 16.9. The van der Waals surface area contributed by atoms with E-state index in [-0.39, 0.29) is 11.4 Å². The number of ether oxygens (including phenoxy) is 1. The van der Waals surface area contributed by atoms with Gasteiger partial charge >= 0.3 is 5.97 Å². The molecule has 2 aromatic carbocycles. The maximum absolute atomic E-state index is 12.7. The van der Waals surface area contributed by atoms with Crippen LogP contribution in [0.5, 0.6) is 5.75 Å². The van der Waals surface area contributed by atoms with E-state index in [0.717, 1.165) is 22.7 Å². The Morgan fingerprint density at radius 1 is 0.943 bits per heavy atom. The molecule has 5 nitrogen and oxygen atoms in total. The van der Waals surface area contributed by atoms with Gasteiger partial charge in [-0.05, 0) is 72.4 Å². The normalized spacial score (nSPS) is 14.7. The van der Waals surface area contributed by atoms with Gasteiger partial charge in [-0.2, -0.15) is 0 Å². The van der Waals surface area contributed by atoms with E-state index in [9.17, 15) is 4.79 Å². The highest BCUT2D eigenvalue weighted by atomic mass is 16.5. The summed E-state index contributed by atoms with van der Waals surface area (Å²) in [6.07, 6.45) is 8.28. The van der Waals surface area contributed by atoms with Crippen molar-refractivity contribution in [3.8, 4) is 17.0 Å². The minimum Gasteiger partial charge on any atom is -0.423 e. The molecule has 0 bridgehead atoms. The standard InChI is InChI=1S/C30H33N3O2/c1-30(2,3)23-16-12-22(13-17-23)29(34)35-25-18-14-21(15-19-25)27-28(31-24-9-5-4-6-10-24)33-20-8-7-11-26(33)32-27/h7-8,11-20,24,31H,4-6,9-10H2,1-3H3. The number of esters is 1. The van der Waals surface area contributed by atoms with Crippen molar-refractivity contribution in [1.82, 2.24) is 9.38 Å². The number of pyridine rings is 1. The second-order valence-electron chi connectivity index (χ2n) is 10.5. The van der Waals surface area contributed by atoms with Crippen molar-refractivity contribution in [3.63, 3.8) is 0 Å². The highest BCUT2D eigenvalue weighted by Gasteiger charge is 2.20. The lowest BCUT2D eigenvalue weighted by molar-refractivity contribution is 0.0734. The van der Waals surface area contributed by atoms with Crippen molar-refractivity contribution < 1.29 is 9.53 Å². The van der Waals surface area contributed by atoms with Gasteiger partial charge in [-0.15, -0.1) is 0 Å². The van der Waals surface area contributed by atoms with Gasteiger partial charge < -0.3 is 10.1 Å². The Hall–Kier alpha value is -3.60. The van der Waals surface area contributed by atoms with Gasteiger partial charge in [-0.1, -0.05) is 58.2 Å². The van der Waals surface area contributed by atoms with E-state index < -0.39 is 0 Å². The van der Waals surface area contributed by atoms with Crippen LogP contribution in [-0.4, -0.2) is 21.4 Å². The van der Waals surface area contributed by atoms with Crippen molar-refractivity contribution in [2.45, 2.75) is 64.3 Å². The summed E-state index contributed by atoms with van der Waals surface area (Å²) in [7, 11) is 0. The lowest BCUT2D eigenvalue weighted by atomic mass is 9.87. The summed E-state index contributed by atoms with van der Waals surface area (Å²) < 4.78 is 7.77. The summed E-state index contributed by atoms with van der Waals surface area (Å²) >= 11 is 0. The van der Waals surface area contributed by atoms with Crippen LogP contribution in [0.4, 0.5) is 5.82 Å². The maximum Gasteiger partial charge on any atom is 0.343 e. The molecule has 1 aliphatic carbocycles. The predicted octanol–water partition coefficient (Wildman–Crippen LogP) is 7.26.